The lowest BCUT2D eigenvalue weighted by molar-refractivity contribution is -0.143. The van der Waals surface area contributed by atoms with Crippen molar-refractivity contribution in [2.45, 2.75) is 39.8 Å². The molecule has 2 N–H and O–H groups in total. The highest BCUT2D eigenvalue weighted by Crippen LogP contribution is 2.14. The van der Waals surface area contributed by atoms with E-state index in [0.717, 1.165) is 5.70 Å². The zero-order valence-corrected chi connectivity index (χ0v) is 10.2. The summed E-state index contributed by atoms with van der Waals surface area (Å²) in [6.45, 7) is 7.35. The van der Waals surface area contributed by atoms with Crippen molar-refractivity contribution in [1.29, 1.82) is 0 Å². The highest BCUT2D eigenvalue weighted by molar-refractivity contribution is 7.80. The van der Waals surface area contributed by atoms with Gasteiger partial charge in [0.15, 0.2) is 5.11 Å². The van der Waals surface area contributed by atoms with Crippen LogP contribution in [0, 0.1) is 0 Å². The first-order valence-corrected chi connectivity index (χ1v) is 5.32. The molecule has 1 atom stereocenters. The molecule has 0 aromatic heterocycles. The largest absolute Gasteiger partial charge is 0.460 e. The predicted octanol–water partition coefficient (Wildman–Crippen LogP) is 1.08. The fraction of sp³-hybridized carbons (Fsp3) is 0.600. The molecule has 0 saturated carbocycles. The summed E-state index contributed by atoms with van der Waals surface area (Å²) in [4.78, 5) is 11.7. The molecule has 0 spiro atoms. The molecule has 5 heteroatoms. The molecule has 0 aromatic carbocycles. The maximum atomic E-state index is 11.7. The lowest BCUT2D eigenvalue weighted by Crippen LogP contribution is -2.48. The van der Waals surface area contributed by atoms with Gasteiger partial charge in [0.05, 0.1) is 17.7 Å². The molecular weight excluding hydrogens is 212 g/mol. The van der Waals surface area contributed by atoms with Crippen molar-refractivity contribution >= 4 is 23.3 Å². The van der Waals surface area contributed by atoms with Gasteiger partial charge in [-0.05, 0) is 39.9 Å². The molecule has 0 aromatic rings. The predicted molar refractivity (Wildman–Crippen MR) is 62.3 cm³/mol. The van der Waals surface area contributed by atoms with Gasteiger partial charge in [0.2, 0.25) is 0 Å². The maximum Gasteiger partial charge on any atom is 0.338 e. The van der Waals surface area contributed by atoms with Crippen molar-refractivity contribution in [3.63, 3.8) is 0 Å². The van der Waals surface area contributed by atoms with Crippen molar-refractivity contribution in [2.75, 3.05) is 0 Å². The minimum atomic E-state index is -0.294. The first-order valence-electron chi connectivity index (χ1n) is 4.91. The number of allylic oxidation sites excluding steroid dienone is 1. The second-order valence-electron chi connectivity index (χ2n) is 3.81. The Labute approximate surface area is 95.1 Å². The van der Waals surface area contributed by atoms with Gasteiger partial charge in [-0.25, -0.2) is 4.79 Å². The number of hydrogen-bond acceptors (Lipinski definition) is 3. The van der Waals surface area contributed by atoms with Crippen LogP contribution in [-0.4, -0.2) is 23.2 Å². The monoisotopic (exact) mass is 228 g/mol. The third-order valence-corrected chi connectivity index (χ3v) is 2.27. The van der Waals surface area contributed by atoms with Crippen LogP contribution in [0.2, 0.25) is 0 Å². The molecule has 0 amide bonds. The maximum absolute atomic E-state index is 11.7. The van der Waals surface area contributed by atoms with Gasteiger partial charge in [-0.3, -0.25) is 0 Å². The van der Waals surface area contributed by atoms with Crippen LogP contribution in [0.5, 0.6) is 0 Å². The second-order valence-corrected chi connectivity index (χ2v) is 4.22. The number of hydrogen-bond donors (Lipinski definition) is 2. The average Bonchev–Trinajstić information content (AvgIpc) is 1.99. The third kappa shape index (κ3) is 2.92. The van der Waals surface area contributed by atoms with Crippen LogP contribution < -0.4 is 10.6 Å². The Bertz CT molecular complexity index is 323. The smallest absolute Gasteiger partial charge is 0.338 e. The van der Waals surface area contributed by atoms with Crippen molar-refractivity contribution in [1.82, 2.24) is 10.6 Å². The van der Waals surface area contributed by atoms with Gasteiger partial charge < -0.3 is 15.4 Å². The minimum Gasteiger partial charge on any atom is -0.460 e. The molecule has 1 rings (SSSR count). The normalized spacial score (nSPS) is 21.1. The molecular formula is C10H16N2O2S. The Morgan fingerprint density at radius 3 is 2.60 bits per heavy atom. The number of carbonyl (C=O) groups excluding carboxylic acids is 1. The van der Waals surface area contributed by atoms with E-state index < -0.39 is 0 Å². The quantitative estimate of drug-likeness (QED) is 0.547. The zero-order chi connectivity index (χ0) is 11.6. The molecule has 84 valence electrons. The van der Waals surface area contributed by atoms with Crippen LogP contribution in [0.1, 0.15) is 27.7 Å². The van der Waals surface area contributed by atoms with Gasteiger partial charge >= 0.3 is 5.97 Å². The Morgan fingerprint density at radius 1 is 1.53 bits per heavy atom. The Balaban J connectivity index is 2.87. The molecule has 0 saturated heterocycles. The summed E-state index contributed by atoms with van der Waals surface area (Å²) in [7, 11) is 0. The molecule has 4 nitrogen and oxygen atoms in total. The summed E-state index contributed by atoms with van der Waals surface area (Å²) in [6, 6.07) is -0.106. The summed E-state index contributed by atoms with van der Waals surface area (Å²) < 4.78 is 5.15. The van der Waals surface area contributed by atoms with E-state index in [-0.39, 0.29) is 18.1 Å². The molecule has 0 aliphatic carbocycles. The number of carbonyl (C=O) groups is 1. The van der Waals surface area contributed by atoms with Crippen LogP contribution in [0.25, 0.3) is 0 Å². The highest BCUT2D eigenvalue weighted by Gasteiger charge is 2.26. The molecule has 1 aliphatic heterocycles. The zero-order valence-electron chi connectivity index (χ0n) is 9.38. The number of esters is 1. The standard InChI is InChI=1S/C10H16N2O2S/c1-5(2)14-9(13)8-6(3)11-10(15)12-7(8)4/h5-6H,1-4H3,(H2,11,12,15). The van der Waals surface area contributed by atoms with Crippen LogP contribution in [0.15, 0.2) is 11.3 Å². The Kier molecular flexibility index (Phi) is 3.68. The first kappa shape index (κ1) is 12.0. The molecule has 1 heterocycles. The van der Waals surface area contributed by atoms with Gasteiger partial charge in [-0.1, -0.05) is 0 Å². The minimum absolute atomic E-state index is 0.106. The van der Waals surface area contributed by atoms with Gasteiger partial charge in [-0.15, -0.1) is 0 Å². The Hall–Kier alpha value is -1.10. The number of ether oxygens (including phenoxy) is 1. The van der Waals surface area contributed by atoms with E-state index in [4.69, 9.17) is 17.0 Å². The van der Waals surface area contributed by atoms with Crippen LogP contribution in [0.3, 0.4) is 0 Å². The van der Waals surface area contributed by atoms with Crippen LogP contribution >= 0.6 is 12.2 Å². The summed E-state index contributed by atoms with van der Waals surface area (Å²) in [6.07, 6.45) is -0.112. The summed E-state index contributed by atoms with van der Waals surface area (Å²) in [5.41, 5.74) is 1.37. The van der Waals surface area contributed by atoms with Crippen molar-refractivity contribution in [3.05, 3.63) is 11.3 Å². The van der Waals surface area contributed by atoms with Crippen LogP contribution in [-0.2, 0) is 9.53 Å². The summed E-state index contributed by atoms with van der Waals surface area (Å²) in [5.74, 6) is -0.294. The summed E-state index contributed by atoms with van der Waals surface area (Å²) in [5, 5.41) is 6.43. The number of rotatable bonds is 2. The number of nitrogens with one attached hydrogen (secondary N) is 2. The van der Waals surface area contributed by atoms with E-state index in [1.807, 2.05) is 27.7 Å². The van der Waals surface area contributed by atoms with E-state index >= 15 is 0 Å². The average molecular weight is 228 g/mol. The van der Waals surface area contributed by atoms with E-state index in [1.54, 1.807) is 0 Å². The molecule has 0 bridgehead atoms. The van der Waals surface area contributed by atoms with Gasteiger partial charge in [-0.2, -0.15) is 0 Å². The van der Waals surface area contributed by atoms with E-state index in [9.17, 15) is 4.79 Å². The van der Waals surface area contributed by atoms with Crippen molar-refractivity contribution in [2.24, 2.45) is 0 Å². The highest BCUT2D eigenvalue weighted by atomic mass is 32.1. The van der Waals surface area contributed by atoms with Crippen molar-refractivity contribution < 1.29 is 9.53 Å². The molecule has 15 heavy (non-hydrogen) atoms. The van der Waals surface area contributed by atoms with Gasteiger partial charge in [0, 0.05) is 5.70 Å². The van der Waals surface area contributed by atoms with E-state index in [0.29, 0.717) is 10.7 Å². The fourth-order valence-electron chi connectivity index (χ4n) is 1.47. The Morgan fingerprint density at radius 2 is 2.13 bits per heavy atom. The lowest BCUT2D eigenvalue weighted by atomic mass is 10.1. The van der Waals surface area contributed by atoms with E-state index in [1.165, 1.54) is 0 Å². The molecule has 0 fully saturated rings. The fourth-order valence-corrected chi connectivity index (χ4v) is 1.80. The van der Waals surface area contributed by atoms with Gasteiger partial charge in [0.25, 0.3) is 0 Å². The van der Waals surface area contributed by atoms with E-state index in [2.05, 4.69) is 10.6 Å². The second kappa shape index (κ2) is 4.61. The molecule has 0 radical (unpaired) electrons. The topological polar surface area (TPSA) is 50.4 Å². The molecule has 1 unspecified atom stereocenters. The van der Waals surface area contributed by atoms with Crippen LogP contribution in [0.4, 0.5) is 0 Å². The third-order valence-electron chi connectivity index (χ3n) is 2.05. The SMILES string of the molecule is CC1=C(C(=O)OC(C)C)C(C)NC(=S)N1. The van der Waals surface area contributed by atoms with Crippen molar-refractivity contribution in [3.8, 4) is 0 Å². The van der Waals surface area contributed by atoms with Gasteiger partial charge in [0.1, 0.15) is 0 Å². The molecule has 1 aliphatic rings. The number of thiocarbonyl (C=S) groups is 1. The lowest BCUT2D eigenvalue weighted by Gasteiger charge is -2.27. The summed E-state index contributed by atoms with van der Waals surface area (Å²) >= 11 is 4.98. The first-order chi connectivity index (χ1) is 6.91.